The summed E-state index contributed by atoms with van der Waals surface area (Å²) < 4.78 is 9.99. The average molecular weight is 400 g/mol. The highest BCUT2D eigenvalue weighted by molar-refractivity contribution is 5.99. The number of esters is 1. The number of nitro groups is 1. The number of benzene rings is 2. The molecule has 0 heterocycles. The van der Waals surface area contributed by atoms with Gasteiger partial charge in [-0.25, -0.2) is 0 Å². The number of carbonyl (C=O) groups is 3. The molecule has 0 saturated carbocycles. The molecule has 1 amide bonds. The van der Waals surface area contributed by atoms with Gasteiger partial charge < -0.3 is 14.8 Å². The Bertz CT molecular complexity index is 940. The number of amides is 1. The molecule has 1 N–H and O–H groups in total. The highest BCUT2D eigenvalue weighted by Crippen LogP contribution is 2.19. The van der Waals surface area contributed by atoms with E-state index in [2.05, 4.69) is 5.32 Å². The molecule has 0 aromatic heterocycles. The molecule has 152 valence electrons. The van der Waals surface area contributed by atoms with Crippen molar-refractivity contribution in [3.05, 3.63) is 69.3 Å². The number of para-hydroxylation sites is 1. The lowest BCUT2D eigenvalue weighted by atomic mass is 10.1. The quantitative estimate of drug-likeness (QED) is 0.297. The number of carbonyl (C=O) groups excluding carboxylic acids is 3. The summed E-state index contributed by atoms with van der Waals surface area (Å²) in [6.45, 7) is 1.03. The SMILES string of the molecule is COc1ccccc1C(=O)NCCC(=O)OCC(=O)c1ccc(C)c([N+](=O)[O-])c1. The molecule has 0 aliphatic carbocycles. The Kier molecular flexibility index (Phi) is 7.41. The Labute approximate surface area is 166 Å². The van der Waals surface area contributed by atoms with E-state index in [0.29, 0.717) is 16.9 Å². The van der Waals surface area contributed by atoms with Crippen LogP contribution in [0.4, 0.5) is 5.69 Å². The zero-order valence-corrected chi connectivity index (χ0v) is 16.0. The lowest BCUT2D eigenvalue weighted by Gasteiger charge is -2.09. The van der Waals surface area contributed by atoms with Crippen molar-refractivity contribution < 1.29 is 28.8 Å². The summed E-state index contributed by atoms with van der Waals surface area (Å²) in [5.41, 5.74) is 0.662. The fourth-order valence-electron chi connectivity index (χ4n) is 2.49. The molecule has 0 unspecified atom stereocenters. The molecule has 0 spiro atoms. The van der Waals surface area contributed by atoms with Gasteiger partial charge >= 0.3 is 5.97 Å². The van der Waals surface area contributed by atoms with Crippen LogP contribution in [0.15, 0.2) is 42.5 Å². The molecule has 0 saturated heterocycles. The molecular weight excluding hydrogens is 380 g/mol. The lowest BCUT2D eigenvalue weighted by Crippen LogP contribution is -2.27. The van der Waals surface area contributed by atoms with E-state index >= 15 is 0 Å². The van der Waals surface area contributed by atoms with Gasteiger partial charge in [-0.1, -0.05) is 24.3 Å². The molecule has 0 radical (unpaired) electrons. The van der Waals surface area contributed by atoms with Gasteiger partial charge in [0.2, 0.25) is 5.78 Å². The van der Waals surface area contributed by atoms with Crippen molar-refractivity contribution in [3.63, 3.8) is 0 Å². The predicted molar refractivity (Wildman–Crippen MR) is 103 cm³/mol. The first-order valence-electron chi connectivity index (χ1n) is 8.68. The van der Waals surface area contributed by atoms with E-state index in [4.69, 9.17) is 9.47 Å². The Morgan fingerprint density at radius 3 is 2.55 bits per heavy atom. The molecule has 29 heavy (non-hydrogen) atoms. The van der Waals surface area contributed by atoms with Crippen LogP contribution in [0.1, 0.15) is 32.7 Å². The van der Waals surface area contributed by atoms with Crippen LogP contribution in [0.5, 0.6) is 5.75 Å². The Morgan fingerprint density at radius 1 is 1.14 bits per heavy atom. The summed E-state index contributed by atoms with van der Waals surface area (Å²) in [5.74, 6) is -1.23. The van der Waals surface area contributed by atoms with Gasteiger partial charge in [-0.15, -0.1) is 0 Å². The van der Waals surface area contributed by atoms with Crippen molar-refractivity contribution in [2.75, 3.05) is 20.3 Å². The van der Waals surface area contributed by atoms with Gasteiger partial charge in [0.25, 0.3) is 11.6 Å². The third kappa shape index (κ3) is 5.86. The van der Waals surface area contributed by atoms with Crippen molar-refractivity contribution in [1.29, 1.82) is 0 Å². The predicted octanol–water partition coefficient (Wildman–Crippen LogP) is 2.46. The molecule has 2 aromatic carbocycles. The lowest BCUT2D eigenvalue weighted by molar-refractivity contribution is -0.385. The third-order valence-corrected chi connectivity index (χ3v) is 4.06. The maximum Gasteiger partial charge on any atom is 0.308 e. The van der Waals surface area contributed by atoms with Crippen molar-refractivity contribution in [1.82, 2.24) is 5.32 Å². The van der Waals surface area contributed by atoms with Crippen molar-refractivity contribution in [2.45, 2.75) is 13.3 Å². The second kappa shape index (κ2) is 9.98. The Morgan fingerprint density at radius 2 is 1.86 bits per heavy atom. The minimum atomic E-state index is -0.680. The molecule has 0 bridgehead atoms. The first-order chi connectivity index (χ1) is 13.8. The normalized spacial score (nSPS) is 10.1. The van der Waals surface area contributed by atoms with Gasteiger partial charge in [0, 0.05) is 23.7 Å². The summed E-state index contributed by atoms with van der Waals surface area (Å²) in [4.78, 5) is 46.4. The summed E-state index contributed by atoms with van der Waals surface area (Å²) in [6.07, 6.45) is -0.137. The van der Waals surface area contributed by atoms with Crippen LogP contribution in [-0.2, 0) is 9.53 Å². The van der Waals surface area contributed by atoms with Gasteiger partial charge in [-0.2, -0.15) is 0 Å². The number of nitro benzene ring substituents is 1. The summed E-state index contributed by atoms with van der Waals surface area (Å²) in [7, 11) is 1.45. The number of Topliss-reactive ketones (excluding diaryl/α,β-unsaturated/α-hetero) is 1. The van der Waals surface area contributed by atoms with E-state index in [0.717, 1.165) is 6.07 Å². The van der Waals surface area contributed by atoms with Crippen LogP contribution < -0.4 is 10.1 Å². The van der Waals surface area contributed by atoms with E-state index in [1.165, 1.54) is 19.2 Å². The number of rotatable bonds is 9. The summed E-state index contributed by atoms with van der Waals surface area (Å²) >= 11 is 0. The maximum atomic E-state index is 12.1. The van der Waals surface area contributed by atoms with Gasteiger partial charge in [0.1, 0.15) is 5.75 Å². The second-order valence-electron chi connectivity index (χ2n) is 6.05. The zero-order chi connectivity index (χ0) is 21.4. The fraction of sp³-hybridized carbons (Fsp3) is 0.250. The van der Waals surface area contributed by atoms with Crippen LogP contribution in [0, 0.1) is 17.0 Å². The topological polar surface area (TPSA) is 125 Å². The number of methoxy groups -OCH3 is 1. The van der Waals surface area contributed by atoms with Crippen molar-refractivity contribution >= 4 is 23.3 Å². The van der Waals surface area contributed by atoms with E-state index in [-0.39, 0.29) is 24.2 Å². The fourth-order valence-corrected chi connectivity index (χ4v) is 2.49. The molecule has 0 aliphatic heterocycles. The van der Waals surface area contributed by atoms with Crippen LogP contribution in [0.3, 0.4) is 0 Å². The standard InChI is InChI=1S/C20H20N2O7/c1-13-7-8-14(11-16(13)22(26)27)17(23)12-29-19(24)9-10-21-20(25)15-5-3-4-6-18(15)28-2/h3-8,11H,9-10,12H2,1-2H3,(H,21,25). The molecule has 0 atom stereocenters. The first kappa shape index (κ1) is 21.5. The van der Waals surface area contributed by atoms with E-state index < -0.39 is 29.2 Å². The smallest absolute Gasteiger partial charge is 0.308 e. The molecule has 2 aromatic rings. The number of hydrogen-bond acceptors (Lipinski definition) is 7. The summed E-state index contributed by atoms with van der Waals surface area (Å²) in [5, 5.41) is 13.5. The number of aryl methyl sites for hydroxylation is 1. The van der Waals surface area contributed by atoms with Crippen molar-refractivity contribution in [3.8, 4) is 5.75 Å². The van der Waals surface area contributed by atoms with Gasteiger partial charge in [-0.3, -0.25) is 24.5 Å². The molecule has 0 fully saturated rings. The van der Waals surface area contributed by atoms with E-state index in [9.17, 15) is 24.5 Å². The minimum Gasteiger partial charge on any atom is -0.496 e. The number of nitrogens with one attached hydrogen (secondary N) is 1. The zero-order valence-electron chi connectivity index (χ0n) is 16.0. The van der Waals surface area contributed by atoms with Gasteiger partial charge in [0.15, 0.2) is 6.61 Å². The number of ether oxygens (including phenoxy) is 2. The molecule has 9 nitrogen and oxygen atoms in total. The third-order valence-electron chi connectivity index (χ3n) is 4.06. The molecule has 0 aliphatic rings. The summed E-state index contributed by atoms with van der Waals surface area (Å²) in [6, 6.07) is 10.7. The van der Waals surface area contributed by atoms with Gasteiger partial charge in [0.05, 0.1) is 24.0 Å². The van der Waals surface area contributed by atoms with E-state index in [1.54, 1.807) is 31.2 Å². The van der Waals surface area contributed by atoms with Crippen LogP contribution in [-0.4, -0.2) is 42.8 Å². The molecule has 9 heteroatoms. The van der Waals surface area contributed by atoms with Crippen LogP contribution in [0.25, 0.3) is 0 Å². The van der Waals surface area contributed by atoms with E-state index in [1.807, 2.05) is 0 Å². The minimum absolute atomic E-state index is 0.0138. The molecule has 2 rings (SSSR count). The second-order valence-corrected chi connectivity index (χ2v) is 6.05. The maximum absolute atomic E-state index is 12.1. The molecular formula is C20H20N2O7. The highest BCUT2D eigenvalue weighted by atomic mass is 16.6. The van der Waals surface area contributed by atoms with Crippen LogP contribution in [0.2, 0.25) is 0 Å². The number of hydrogen-bond donors (Lipinski definition) is 1. The number of ketones is 1. The van der Waals surface area contributed by atoms with Crippen LogP contribution >= 0.6 is 0 Å². The monoisotopic (exact) mass is 400 g/mol. The Balaban J connectivity index is 1.81. The average Bonchev–Trinajstić information content (AvgIpc) is 2.71. The largest absolute Gasteiger partial charge is 0.496 e. The Hall–Kier alpha value is -3.75. The van der Waals surface area contributed by atoms with Crippen molar-refractivity contribution in [2.24, 2.45) is 0 Å². The number of nitrogens with zero attached hydrogens (tertiary/aromatic N) is 1. The highest BCUT2D eigenvalue weighted by Gasteiger charge is 2.17. The van der Waals surface area contributed by atoms with Gasteiger partial charge in [-0.05, 0) is 19.1 Å². The first-order valence-corrected chi connectivity index (χ1v) is 8.68.